The van der Waals surface area contributed by atoms with Crippen molar-refractivity contribution in [3.63, 3.8) is 0 Å². The lowest BCUT2D eigenvalue weighted by Crippen LogP contribution is -2.43. The van der Waals surface area contributed by atoms with Gasteiger partial charge in [-0.3, -0.25) is 4.79 Å². The van der Waals surface area contributed by atoms with Crippen molar-refractivity contribution in [1.82, 2.24) is 4.57 Å². The van der Waals surface area contributed by atoms with E-state index in [1.165, 1.54) is 12.3 Å². The highest BCUT2D eigenvalue weighted by molar-refractivity contribution is 5.95. The molecule has 0 amide bonds. The molecule has 2 aliphatic heterocycles. The average Bonchev–Trinajstić information content (AvgIpc) is 2.61. The van der Waals surface area contributed by atoms with Gasteiger partial charge in [0.1, 0.15) is 11.4 Å². The molecule has 0 bridgehead atoms. The number of aliphatic hydroxyl groups is 1. The highest BCUT2D eigenvalue weighted by Gasteiger charge is 2.31. The molecule has 2 N–H and O–H groups in total. The maximum absolute atomic E-state index is 15.1. The summed E-state index contributed by atoms with van der Waals surface area (Å²) in [6, 6.07) is 1.21. The number of aryl methyl sites for hydroxylation is 1. The second-order valence-electron chi connectivity index (χ2n) is 7.83. The van der Waals surface area contributed by atoms with Gasteiger partial charge in [-0.2, -0.15) is 0 Å². The number of anilines is 1. The fourth-order valence-electron chi connectivity index (χ4n) is 4.46. The molecule has 1 fully saturated rings. The van der Waals surface area contributed by atoms with Crippen LogP contribution < -0.4 is 10.3 Å². The number of rotatable bonds is 2. The molecule has 1 aromatic carbocycles. The van der Waals surface area contributed by atoms with E-state index in [9.17, 15) is 19.8 Å². The Labute approximate surface area is 155 Å². The van der Waals surface area contributed by atoms with Crippen LogP contribution >= 0.6 is 0 Å². The molecule has 6 nitrogen and oxygen atoms in total. The molecule has 7 heteroatoms. The third kappa shape index (κ3) is 2.72. The fourth-order valence-corrected chi connectivity index (χ4v) is 4.46. The van der Waals surface area contributed by atoms with Crippen LogP contribution in [0.3, 0.4) is 0 Å². The molecule has 2 aliphatic rings. The minimum absolute atomic E-state index is 0.0270. The molecule has 0 saturated carbocycles. The van der Waals surface area contributed by atoms with E-state index < -0.39 is 23.3 Å². The largest absolute Gasteiger partial charge is 0.477 e. The summed E-state index contributed by atoms with van der Waals surface area (Å²) in [5.41, 5.74) is 0.921. The van der Waals surface area contributed by atoms with Crippen molar-refractivity contribution in [1.29, 1.82) is 0 Å². The zero-order chi connectivity index (χ0) is 19.5. The van der Waals surface area contributed by atoms with Crippen LogP contribution in [-0.4, -0.2) is 39.9 Å². The van der Waals surface area contributed by atoms with Crippen LogP contribution in [0, 0.1) is 11.7 Å². The first-order valence-corrected chi connectivity index (χ1v) is 9.36. The van der Waals surface area contributed by atoms with Gasteiger partial charge >= 0.3 is 5.97 Å². The van der Waals surface area contributed by atoms with Gasteiger partial charge in [-0.1, -0.05) is 6.92 Å². The molecule has 3 heterocycles. The Morgan fingerprint density at radius 3 is 2.70 bits per heavy atom. The molecule has 1 saturated heterocycles. The van der Waals surface area contributed by atoms with E-state index in [1.807, 2.05) is 23.3 Å². The fraction of sp³-hybridized carbons (Fsp3) is 0.500. The second-order valence-corrected chi connectivity index (χ2v) is 7.83. The van der Waals surface area contributed by atoms with Crippen LogP contribution in [0.2, 0.25) is 0 Å². The van der Waals surface area contributed by atoms with Gasteiger partial charge in [-0.05, 0) is 38.2 Å². The zero-order valence-corrected chi connectivity index (χ0v) is 15.4. The maximum atomic E-state index is 15.1. The molecule has 144 valence electrons. The summed E-state index contributed by atoms with van der Waals surface area (Å²) in [4.78, 5) is 26.1. The van der Waals surface area contributed by atoms with E-state index in [-0.39, 0.29) is 22.9 Å². The summed E-state index contributed by atoms with van der Waals surface area (Å²) >= 11 is 0. The molecule has 1 aromatic heterocycles. The second kappa shape index (κ2) is 6.34. The first-order chi connectivity index (χ1) is 12.8. The number of aromatic nitrogens is 1. The maximum Gasteiger partial charge on any atom is 0.341 e. The van der Waals surface area contributed by atoms with Gasteiger partial charge in [0.25, 0.3) is 0 Å². The SMILES string of the molecule is CC1CCc2c(N3CC[C@@H](O)[C@H](C)C3)c(F)cc3c(=O)c(C(=O)O)cn1c23. The van der Waals surface area contributed by atoms with Crippen LogP contribution in [0.4, 0.5) is 10.1 Å². The van der Waals surface area contributed by atoms with E-state index in [0.717, 1.165) is 12.0 Å². The molecule has 0 aliphatic carbocycles. The summed E-state index contributed by atoms with van der Waals surface area (Å²) in [5, 5.41) is 19.5. The predicted octanol–water partition coefficient (Wildman–Crippen LogP) is 2.55. The Morgan fingerprint density at radius 1 is 1.30 bits per heavy atom. The normalized spacial score (nSPS) is 25.0. The summed E-state index contributed by atoms with van der Waals surface area (Å²) in [7, 11) is 0. The smallest absolute Gasteiger partial charge is 0.341 e. The third-order valence-electron chi connectivity index (χ3n) is 6.03. The number of carboxylic acid groups (broad SMARTS) is 1. The number of piperidine rings is 1. The molecule has 3 atom stereocenters. The first kappa shape index (κ1) is 18.0. The Morgan fingerprint density at radius 2 is 2.04 bits per heavy atom. The predicted molar refractivity (Wildman–Crippen MR) is 100 cm³/mol. The summed E-state index contributed by atoms with van der Waals surface area (Å²) in [6.07, 6.45) is 2.94. The number of hydrogen-bond acceptors (Lipinski definition) is 4. The highest BCUT2D eigenvalue weighted by atomic mass is 19.1. The van der Waals surface area contributed by atoms with Gasteiger partial charge in [-0.25, -0.2) is 9.18 Å². The number of aromatic carboxylic acids is 1. The number of carboxylic acids is 1. The number of carbonyl (C=O) groups is 1. The number of nitrogens with zero attached hydrogens (tertiary/aromatic N) is 2. The molecule has 2 aromatic rings. The average molecular weight is 374 g/mol. The molecule has 4 rings (SSSR count). The van der Waals surface area contributed by atoms with Gasteiger partial charge in [0.2, 0.25) is 5.43 Å². The topological polar surface area (TPSA) is 82.8 Å². The lowest BCUT2D eigenvalue weighted by atomic mass is 9.91. The van der Waals surface area contributed by atoms with Gasteiger partial charge < -0.3 is 19.7 Å². The van der Waals surface area contributed by atoms with Gasteiger partial charge in [-0.15, -0.1) is 0 Å². The Balaban J connectivity index is 1.99. The van der Waals surface area contributed by atoms with Crippen molar-refractivity contribution in [3.05, 3.63) is 39.4 Å². The summed E-state index contributed by atoms with van der Waals surface area (Å²) < 4.78 is 17.0. The Hall–Kier alpha value is -2.41. The standard InChI is InChI=1S/C20H23FN2O4/c1-10-8-22(6-5-16(10)24)18-12-4-3-11(2)23-9-14(20(26)27)19(25)13(17(12)23)7-15(18)21/h7,9-11,16,24H,3-6,8H2,1-2H3,(H,26,27)/t10-,11?,16-/m1/s1. The number of aliphatic hydroxyl groups excluding tert-OH is 1. The van der Waals surface area contributed by atoms with Crippen molar-refractivity contribution in [2.45, 2.75) is 45.3 Å². The van der Waals surface area contributed by atoms with Crippen molar-refractivity contribution in [2.24, 2.45) is 5.92 Å². The highest BCUT2D eigenvalue weighted by Crippen LogP contribution is 2.39. The Bertz CT molecular complexity index is 1000. The molecular weight excluding hydrogens is 351 g/mol. The van der Waals surface area contributed by atoms with Crippen molar-refractivity contribution < 1.29 is 19.4 Å². The van der Waals surface area contributed by atoms with Crippen LogP contribution in [0.1, 0.15) is 48.7 Å². The van der Waals surface area contributed by atoms with Crippen molar-refractivity contribution in [2.75, 3.05) is 18.0 Å². The molecule has 0 radical (unpaired) electrons. The van der Waals surface area contributed by atoms with Crippen LogP contribution in [0.25, 0.3) is 10.9 Å². The van der Waals surface area contributed by atoms with E-state index in [4.69, 9.17) is 0 Å². The summed E-state index contributed by atoms with van der Waals surface area (Å²) in [6.45, 7) is 5.01. The van der Waals surface area contributed by atoms with E-state index in [1.54, 1.807) is 0 Å². The van der Waals surface area contributed by atoms with Crippen molar-refractivity contribution in [3.8, 4) is 0 Å². The molecule has 1 unspecified atom stereocenters. The minimum Gasteiger partial charge on any atom is -0.477 e. The van der Waals surface area contributed by atoms with Gasteiger partial charge in [0, 0.05) is 36.3 Å². The number of hydrogen-bond donors (Lipinski definition) is 2. The molecular formula is C20H23FN2O4. The number of pyridine rings is 1. The lowest BCUT2D eigenvalue weighted by Gasteiger charge is -2.38. The third-order valence-corrected chi connectivity index (χ3v) is 6.03. The Kier molecular flexibility index (Phi) is 4.22. The quantitative estimate of drug-likeness (QED) is 0.844. The lowest BCUT2D eigenvalue weighted by molar-refractivity contribution is 0.0694. The van der Waals surface area contributed by atoms with E-state index in [0.29, 0.717) is 37.1 Å². The molecule has 0 spiro atoms. The monoisotopic (exact) mass is 374 g/mol. The van der Waals surface area contributed by atoms with E-state index >= 15 is 4.39 Å². The number of halogens is 1. The van der Waals surface area contributed by atoms with Crippen LogP contribution in [-0.2, 0) is 6.42 Å². The van der Waals surface area contributed by atoms with Gasteiger partial charge in [0.15, 0.2) is 0 Å². The van der Waals surface area contributed by atoms with E-state index in [2.05, 4.69) is 0 Å². The minimum atomic E-state index is -1.30. The molecule has 27 heavy (non-hydrogen) atoms. The van der Waals surface area contributed by atoms with Crippen molar-refractivity contribution >= 4 is 22.6 Å². The zero-order valence-electron chi connectivity index (χ0n) is 15.4. The number of benzene rings is 1. The first-order valence-electron chi connectivity index (χ1n) is 9.36. The van der Waals surface area contributed by atoms with Crippen LogP contribution in [0.5, 0.6) is 0 Å². The summed E-state index contributed by atoms with van der Waals surface area (Å²) in [5.74, 6) is -1.77. The van der Waals surface area contributed by atoms with Gasteiger partial charge in [0.05, 0.1) is 17.3 Å². The van der Waals surface area contributed by atoms with Crippen LogP contribution in [0.15, 0.2) is 17.1 Å².